The third-order valence-electron chi connectivity index (χ3n) is 2.59. The van der Waals surface area contributed by atoms with Gasteiger partial charge in [-0.05, 0) is 36.4 Å². The average molecular weight is 297 g/mol. The van der Waals surface area contributed by atoms with E-state index in [1.54, 1.807) is 30.3 Å². The van der Waals surface area contributed by atoms with E-state index >= 15 is 0 Å². The van der Waals surface area contributed by atoms with Gasteiger partial charge in [0.2, 0.25) is 0 Å². The molecule has 2 aromatic carbocycles. The fraction of sp³-hybridized carbons (Fsp3) is 0. The van der Waals surface area contributed by atoms with Gasteiger partial charge >= 0.3 is 10.1 Å². The summed E-state index contributed by atoms with van der Waals surface area (Å²) in [5, 5.41) is 0.852. The van der Waals surface area contributed by atoms with Crippen molar-refractivity contribution >= 4 is 15.8 Å². The molecule has 0 aliphatic heterocycles. The third-order valence-corrected chi connectivity index (χ3v) is 3.79. The summed E-state index contributed by atoms with van der Waals surface area (Å²) in [5.74, 6) is 2.41. The first-order chi connectivity index (χ1) is 10.1. The van der Waals surface area contributed by atoms with Crippen LogP contribution in [0.4, 0.5) is 5.69 Å². The molecule has 0 atom stereocenters. The Bertz CT molecular complexity index is 797. The molecule has 0 aliphatic rings. The fourth-order valence-electron chi connectivity index (χ4n) is 1.56. The summed E-state index contributed by atoms with van der Waals surface area (Å²) in [6.45, 7) is 0. The van der Waals surface area contributed by atoms with Crippen LogP contribution >= 0.6 is 0 Å². The summed E-state index contributed by atoms with van der Waals surface area (Å²) in [7, 11) is -4.03. The number of para-hydroxylation sites is 1. The van der Waals surface area contributed by atoms with Crippen molar-refractivity contribution in [1.82, 2.24) is 0 Å². The van der Waals surface area contributed by atoms with Gasteiger partial charge in [-0.1, -0.05) is 30.5 Å². The molecule has 0 heterocycles. The van der Waals surface area contributed by atoms with Gasteiger partial charge in [-0.15, -0.1) is 10.7 Å². The standard InChI is InChI=1S/C16H11NO3S/c1-3-14-10-12-16(13-11-14)21(18,19)20-17(4-2)15-8-6-5-7-9-15/h1-2,5-13H. The average Bonchev–Trinajstić information content (AvgIpc) is 2.53. The molecule has 0 saturated heterocycles. The Balaban J connectivity index is 2.28. The second-order valence-corrected chi connectivity index (χ2v) is 5.49. The van der Waals surface area contributed by atoms with Gasteiger partial charge in [-0.3, -0.25) is 0 Å². The monoisotopic (exact) mass is 297 g/mol. The first kappa shape index (κ1) is 14.7. The molecule has 5 heteroatoms. The minimum Gasteiger partial charge on any atom is -0.192 e. The van der Waals surface area contributed by atoms with Crippen molar-refractivity contribution in [2.75, 3.05) is 5.06 Å². The maximum absolute atomic E-state index is 12.2. The van der Waals surface area contributed by atoms with E-state index in [2.05, 4.69) is 12.0 Å². The lowest BCUT2D eigenvalue weighted by Crippen LogP contribution is -2.22. The Kier molecular flexibility index (Phi) is 4.30. The summed E-state index contributed by atoms with van der Waals surface area (Å²) in [6.07, 6.45) is 10.5. The van der Waals surface area contributed by atoms with Crippen molar-refractivity contribution in [2.24, 2.45) is 0 Å². The Labute approximate surface area is 124 Å². The number of terminal acetylenes is 2. The molecular weight excluding hydrogens is 286 g/mol. The van der Waals surface area contributed by atoms with Gasteiger partial charge in [0.1, 0.15) is 0 Å². The zero-order chi connectivity index (χ0) is 15.3. The van der Waals surface area contributed by atoms with Crippen LogP contribution in [0.3, 0.4) is 0 Å². The number of benzene rings is 2. The van der Waals surface area contributed by atoms with Crippen LogP contribution in [-0.4, -0.2) is 8.42 Å². The lowest BCUT2D eigenvalue weighted by Gasteiger charge is -2.16. The first-order valence-corrected chi connectivity index (χ1v) is 7.30. The Hall–Kier alpha value is -2.73. The van der Waals surface area contributed by atoms with Crippen molar-refractivity contribution in [3.63, 3.8) is 0 Å². The number of anilines is 1. The summed E-state index contributed by atoms with van der Waals surface area (Å²) in [5.41, 5.74) is 1.01. The van der Waals surface area contributed by atoms with Crippen molar-refractivity contribution in [1.29, 1.82) is 0 Å². The molecule has 2 rings (SSSR count). The van der Waals surface area contributed by atoms with Gasteiger partial charge in [0.15, 0.2) is 0 Å². The predicted molar refractivity (Wildman–Crippen MR) is 80.4 cm³/mol. The number of rotatable bonds is 4. The van der Waals surface area contributed by atoms with Crippen LogP contribution in [-0.2, 0) is 14.4 Å². The number of hydroxylamine groups is 1. The van der Waals surface area contributed by atoms with Crippen LogP contribution in [0, 0.1) is 24.8 Å². The van der Waals surface area contributed by atoms with Crippen molar-refractivity contribution in [3.05, 3.63) is 60.2 Å². The minimum atomic E-state index is -4.03. The smallest absolute Gasteiger partial charge is 0.192 e. The van der Waals surface area contributed by atoms with Gasteiger partial charge in [0.05, 0.1) is 10.6 Å². The molecule has 0 bridgehead atoms. The molecule has 4 nitrogen and oxygen atoms in total. The maximum Gasteiger partial charge on any atom is 0.318 e. The van der Waals surface area contributed by atoms with Gasteiger partial charge in [-0.2, -0.15) is 13.5 Å². The zero-order valence-electron chi connectivity index (χ0n) is 10.9. The molecule has 0 fully saturated rings. The van der Waals surface area contributed by atoms with E-state index in [4.69, 9.17) is 17.1 Å². The molecule has 104 valence electrons. The van der Waals surface area contributed by atoms with Crippen LogP contribution < -0.4 is 5.06 Å². The maximum atomic E-state index is 12.2. The van der Waals surface area contributed by atoms with E-state index < -0.39 is 10.1 Å². The van der Waals surface area contributed by atoms with Gasteiger partial charge in [-0.25, -0.2) is 0 Å². The van der Waals surface area contributed by atoms with E-state index in [1.807, 2.05) is 0 Å². The highest BCUT2D eigenvalue weighted by Gasteiger charge is 2.20. The molecule has 0 unspecified atom stereocenters. The highest BCUT2D eigenvalue weighted by atomic mass is 32.2. The molecule has 2 aromatic rings. The highest BCUT2D eigenvalue weighted by molar-refractivity contribution is 7.86. The van der Waals surface area contributed by atoms with E-state index in [1.165, 1.54) is 24.3 Å². The Morgan fingerprint density at radius 3 is 2.10 bits per heavy atom. The van der Waals surface area contributed by atoms with Crippen LogP contribution in [0.2, 0.25) is 0 Å². The quantitative estimate of drug-likeness (QED) is 0.494. The predicted octanol–water partition coefficient (Wildman–Crippen LogP) is 2.39. The van der Waals surface area contributed by atoms with Gasteiger partial charge in [0.25, 0.3) is 0 Å². The molecule has 0 aliphatic carbocycles. The molecule has 21 heavy (non-hydrogen) atoms. The van der Waals surface area contributed by atoms with E-state index in [-0.39, 0.29) is 4.90 Å². The largest absolute Gasteiger partial charge is 0.318 e. The Morgan fingerprint density at radius 2 is 1.57 bits per heavy atom. The second-order valence-electron chi connectivity index (χ2n) is 3.96. The van der Waals surface area contributed by atoms with Crippen LogP contribution in [0.25, 0.3) is 0 Å². The normalized spacial score (nSPS) is 10.4. The molecule has 0 saturated carbocycles. The number of nitrogens with zero attached hydrogens (tertiary/aromatic N) is 1. The Morgan fingerprint density at radius 1 is 0.952 bits per heavy atom. The molecule has 0 aromatic heterocycles. The van der Waals surface area contributed by atoms with Crippen molar-refractivity contribution in [3.8, 4) is 24.8 Å². The minimum absolute atomic E-state index is 0.0299. The molecule has 0 amide bonds. The lowest BCUT2D eigenvalue weighted by atomic mass is 10.2. The summed E-state index contributed by atoms with van der Waals surface area (Å²) in [4.78, 5) is -0.0299. The van der Waals surface area contributed by atoms with Gasteiger partial charge < -0.3 is 0 Å². The van der Waals surface area contributed by atoms with E-state index in [9.17, 15) is 8.42 Å². The van der Waals surface area contributed by atoms with E-state index in [0.717, 1.165) is 5.06 Å². The fourth-order valence-corrected chi connectivity index (χ4v) is 2.44. The highest BCUT2D eigenvalue weighted by Crippen LogP contribution is 2.19. The van der Waals surface area contributed by atoms with Crippen molar-refractivity contribution < 1.29 is 12.7 Å². The van der Waals surface area contributed by atoms with Crippen LogP contribution in [0.1, 0.15) is 5.56 Å². The summed E-state index contributed by atoms with van der Waals surface area (Å²) >= 11 is 0. The van der Waals surface area contributed by atoms with Crippen LogP contribution in [0.5, 0.6) is 0 Å². The van der Waals surface area contributed by atoms with E-state index in [0.29, 0.717) is 11.3 Å². The second kappa shape index (κ2) is 6.15. The molecule has 0 N–H and O–H groups in total. The molecular formula is C16H11NO3S. The molecule has 0 radical (unpaired) electrons. The summed E-state index contributed by atoms with van der Waals surface area (Å²) < 4.78 is 29.3. The SMILES string of the molecule is C#Cc1ccc(S(=O)(=O)ON(C#C)c2ccccc2)cc1. The first-order valence-electron chi connectivity index (χ1n) is 5.89. The lowest BCUT2D eigenvalue weighted by molar-refractivity contribution is 0.327. The third kappa shape index (κ3) is 3.43. The topological polar surface area (TPSA) is 46.6 Å². The number of hydrogen-bond acceptors (Lipinski definition) is 4. The zero-order valence-corrected chi connectivity index (χ0v) is 11.7. The molecule has 0 spiro atoms. The van der Waals surface area contributed by atoms with Crippen LogP contribution in [0.15, 0.2) is 59.5 Å². The number of hydrogen-bond donors (Lipinski definition) is 0. The summed E-state index contributed by atoms with van der Waals surface area (Å²) in [6, 6.07) is 16.4. The van der Waals surface area contributed by atoms with Crippen molar-refractivity contribution in [2.45, 2.75) is 4.90 Å². The van der Waals surface area contributed by atoms with Gasteiger partial charge in [0, 0.05) is 11.6 Å².